The summed E-state index contributed by atoms with van der Waals surface area (Å²) in [4.78, 5) is 21.5. The average Bonchev–Trinajstić information content (AvgIpc) is 3.22. The van der Waals surface area contributed by atoms with Crippen molar-refractivity contribution in [2.24, 2.45) is 0 Å². The fourth-order valence-corrected chi connectivity index (χ4v) is 4.00. The molecular weight excluding hydrogens is 404 g/mol. The number of amides is 1. The molecule has 1 aliphatic heterocycles. The normalized spacial score (nSPS) is 14.6. The summed E-state index contributed by atoms with van der Waals surface area (Å²) in [5.74, 6) is 2.52. The number of ether oxygens (including phenoxy) is 1. The largest absolute Gasteiger partial charge is 0.495 e. The van der Waals surface area contributed by atoms with Crippen LogP contribution in [0.4, 0.5) is 5.82 Å². The van der Waals surface area contributed by atoms with Gasteiger partial charge >= 0.3 is 0 Å². The number of carbonyl (C=O) groups is 1. The van der Waals surface area contributed by atoms with E-state index >= 15 is 0 Å². The number of halogens is 1. The van der Waals surface area contributed by atoms with Gasteiger partial charge in [-0.25, -0.2) is 0 Å². The van der Waals surface area contributed by atoms with Crippen LogP contribution in [0.25, 0.3) is 5.78 Å². The summed E-state index contributed by atoms with van der Waals surface area (Å²) in [5, 5.41) is 8.62. The van der Waals surface area contributed by atoms with Crippen LogP contribution < -0.4 is 9.64 Å². The lowest BCUT2D eigenvalue weighted by Gasteiger charge is -2.35. The predicted molar refractivity (Wildman–Crippen MR) is 115 cm³/mol. The maximum atomic E-state index is 12.8. The van der Waals surface area contributed by atoms with Gasteiger partial charge < -0.3 is 14.5 Å². The van der Waals surface area contributed by atoms with Gasteiger partial charge in [-0.1, -0.05) is 31.5 Å². The minimum atomic E-state index is 0.0969. The van der Waals surface area contributed by atoms with Gasteiger partial charge in [0.2, 0.25) is 5.91 Å². The number of nitrogens with zero attached hydrogens (tertiary/aromatic N) is 6. The third kappa shape index (κ3) is 4.05. The van der Waals surface area contributed by atoms with Crippen LogP contribution in [0.1, 0.15) is 31.0 Å². The van der Waals surface area contributed by atoms with E-state index in [0.717, 1.165) is 30.2 Å². The van der Waals surface area contributed by atoms with Crippen molar-refractivity contribution in [2.75, 3.05) is 38.2 Å². The fraction of sp³-hybridized carbons (Fsp3) is 0.429. The second-order valence-corrected chi connectivity index (χ2v) is 8.12. The summed E-state index contributed by atoms with van der Waals surface area (Å²) in [6, 6.07) is 7.56. The Morgan fingerprint density at radius 1 is 1.20 bits per heavy atom. The van der Waals surface area contributed by atoms with Crippen LogP contribution in [0.5, 0.6) is 5.75 Å². The zero-order chi connectivity index (χ0) is 21.3. The highest BCUT2D eigenvalue weighted by Crippen LogP contribution is 2.26. The topological polar surface area (TPSA) is 75.9 Å². The van der Waals surface area contributed by atoms with Crippen LogP contribution >= 0.6 is 11.6 Å². The summed E-state index contributed by atoms with van der Waals surface area (Å²) in [5.41, 5.74) is 2.00. The van der Waals surface area contributed by atoms with Crippen LogP contribution in [0, 0.1) is 0 Å². The number of fused-ring (bicyclic) bond motifs is 1. The maximum absolute atomic E-state index is 12.8. The predicted octanol–water partition coefficient (Wildman–Crippen LogP) is 2.80. The number of piperazine rings is 1. The number of hydrogen-bond acceptors (Lipinski definition) is 6. The Bertz CT molecular complexity index is 1060. The summed E-state index contributed by atoms with van der Waals surface area (Å²) in [6.07, 6.45) is 2.02. The van der Waals surface area contributed by atoms with E-state index in [1.54, 1.807) is 25.6 Å². The van der Waals surface area contributed by atoms with Crippen molar-refractivity contribution >= 4 is 29.1 Å². The van der Waals surface area contributed by atoms with Crippen molar-refractivity contribution in [3.05, 3.63) is 46.9 Å². The first-order valence-corrected chi connectivity index (χ1v) is 10.4. The van der Waals surface area contributed by atoms with Crippen molar-refractivity contribution in [1.82, 2.24) is 24.5 Å². The Kier molecular flexibility index (Phi) is 5.76. The van der Waals surface area contributed by atoms with Gasteiger partial charge in [0.05, 0.1) is 18.6 Å². The molecule has 3 aromatic rings. The number of aromatic nitrogens is 4. The number of benzene rings is 1. The quantitative estimate of drug-likeness (QED) is 0.622. The zero-order valence-corrected chi connectivity index (χ0v) is 18.1. The van der Waals surface area contributed by atoms with Gasteiger partial charge in [-0.2, -0.15) is 4.98 Å². The summed E-state index contributed by atoms with van der Waals surface area (Å²) in [6.45, 7) is 7.04. The van der Waals surface area contributed by atoms with Crippen LogP contribution in [0.15, 0.2) is 30.6 Å². The summed E-state index contributed by atoms with van der Waals surface area (Å²) < 4.78 is 7.10. The van der Waals surface area contributed by atoms with Gasteiger partial charge in [-0.15, -0.1) is 10.2 Å². The number of hydrogen-bond donors (Lipinski definition) is 0. The Hall–Kier alpha value is -2.87. The Labute approximate surface area is 180 Å². The first kappa shape index (κ1) is 20.4. The third-order valence-electron chi connectivity index (χ3n) is 5.42. The molecule has 2 aromatic heterocycles. The molecule has 3 heterocycles. The SMILES string of the molecule is COc1ccc(CC(=O)N2CCN(c3cc(C(C)C)n4cnnc4n3)CC2)cc1Cl. The second-order valence-electron chi connectivity index (χ2n) is 7.71. The molecule has 0 bridgehead atoms. The van der Waals surface area contributed by atoms with Crippen molar-refractivity contribution < 1.29 is 9.53 Å². The minimum absolute atomic E-state index is 0.0969. The maximum Gasteiger partial charge on any atom is 0.256 e. The molecular formula is C21H25ClN6O2. The van der Waals surface area contributed by atoms with Gasteiger partial charge in [-0.3, -0.25) is 9.20 Å². The first-order chi connectivity index (χ1) is 14.5. The van der Waals surface area contributed by atoms with E-state index in [2.05, 4.69) is 40.0 Å². The summed E-state index contributed by atoms with van der Waals surface area (Å²) in [7, 11) is 1.57. The molecule has 1 aromatic carbocycles. The van der Waals surface area contributed by atoms with Crippen molar-refractivity contribution in [3.8, 4) is 5.75 Å². The molecule has 0 spiro atoms. The highest BCUT2D eigenvalue weighted by molar-refractivity contribution is 6.32. The van der Waals surface area contributed by atoms with E-state index in [-0.39, 0.29) is 5.91 Å². The lowest BCUT2D eigenvalue weighted by molar-refractivity contribution is -0.130. The standard InChI is InChI=1S/C21H25ClN6O2/c1-14(2)17-12-19(24-21-25-23-13-28(17)21)26-6-8-27(9-7-26)20(29)11-15-4-5-18(30-3)16(22)10-15/h4-5,10,12-14H,6-9,11H2,1-3H3. The molecule has 0 N–H and O–H groups in total. The molecule has 9 heteroatoms. The van der Waals surface area contributed by atoms with E-state index in [1.165, 1.54) is 0 Å². The number of rotatable bonds is 5. The zero-order valence-electron chi connectivity index (χ0n) is 17.4. The van der Waals surface area contributed by atoms with Gasteiger partial charge in [0.1, 0.15) is 17.9 Å². The smallest absolute Gasteiger partial charge is 0.256 e. The average molecular weight is 429 g/mol. The van der Waals surface area contributed by atoms with Crippen molar-refractivity contribution in [1.29, 1.82) is 0 Å². The molecule has 30 heavy (non-hydrogen) atoms. The van der Waals surface area contributed by atoms with Crippen LogP contribution in [0.3, 0.4) is 0 Å². The molecule has 1 aliphatic rings. The van der Waals surface area contributed by atoms with E-state index in [0.29, 0.717) is 42.0 Å². The fourth-order valence-electron chi connectivity index (χ4n) is 3.72. The van der Waals surface area contributed by atoms with Crippen molar-refractivity contribution in [2.45, 2.75) is 26.2 Å². The van der Waals surface area contributed by atoms with Crippen LogP contribution in [-0.2, 0) is 11.2 Å². The van der Waals surface area contributed by atoms with E-state index < -0.39 is 0 Å². The molecule has 0 saturated carbocycles. The van der Waals surface area contributed by atoms with Gasteiger partial charge in [0.25, 0.3) is 5.78 Å². The minimum Gasteiger partial charge on any atom is -0.495 e. The summed E-state index contributed by atoms with van der Waals surface area (Å²) >= 11 is 6.18. The molecule has 0 unspecified atom stereocenters. The third-order valence-corrected chi connectivity index (χ3v) is 5.71. The Balaban J connectivity index is 1.42. The molecule has 8 nitrogen and oxygen atoms in total. The van der Waals surface area contributed by atoms with E-state index in [1.807, 2.05) is 15.4 Å². The monoisotopic (exact) mass is 428 g/mol. The van der Waals surface area contributed by atoms with E-state index in [4.69, 9.17) is 16.3 Å². The number of carbonyl (C=O) groups excluding carboxylic acids is 1. The molecule has 1 amide bonds. The molecule has 0 aliphatic carbocycles. The molecule has 1 saturated heterocycles. The van der Waals surface area contributed by atoms with Gasteiger partial charge in [0, 0.05) is 37.9 Å². The molecule has 0 atom stereocenters. The highest BCUT2D eigenvalue weighted by Gasteiger charge is 2.23. The van der Waals surface area contributed by atoms with Crippen LogP contribution in [0.2, 0.25) is 5.02 Å². The molecule has 0 radical (unpaired) electrons. The van der Waals surface area contributed by atoms with Gasteiger partial charge in [-0.05, 0) is 23.6 Å². The Morgan fingerprint density at radius 3 is 2.63 bits per heavy atom. The number of anilines is 1. The molecule has 158 valence electrons. The highest BCUT2D eigenvalue weighted by atomic mass is 35.5. The second kappa shape index (κ2) is 8.47. The molecule has 4 rings (SSSR count). The molecule has 1 fully saturated rings. The van der Waals surface area contributed by atoms with Gasteiger partial charge in [0.15, 0.2) is 0 Å². The number of methoxy groups -OCH3 is 1. The van der Waals surface area contributed by atoms with Crippen LogP contribution in [-0.4, -0.2) is 63.7 Å². The van der Waals surface area contributed by atoms with E-state index in [9.17, 15) is 4.79 Å². The lowest BCUT2D eigenvalue weighted by atomic mass is 10.1. The Morgan fingerprint density at radius 2 is 1.97 bits per heavy atom. The first-order valence-electron chi connectivity index (χ1n) is 10.0. The van der Waals surface area contributed by atoms with Crippen molar-refractivity contribution in [3.63, 3.8) is 0 Å². The lowest BCUT2D eigenvalue weighted by Crippen LogP contribution is -2.49.